The molecule has 0 aliphatic carbocycles. The summed E-state index contributed by atoms with van der Waals surface area (Å²) in [5.74, 6) is 4.18. The number of pyridine rings is 1. The number of hydrazine groups is 1. The molecule has 0 atom stereocenters. The summed E-state index contributed by atoms with van der Waals surface area (Å²) < 4.78 is 13.6. The molecule has 104 valence electrons. The van der Waals surface area contributed by atoms with E-state index in [4.69, 9.17) is 29.0 Å². The molecule has 0 unspecified atom stereocenters. The van der Waals surface area contributed by atoms with E-state index in [1.54, 1.807) is 0 Å². The molecule has 0 bridgehead atoms. The minimum absolute atomic E-state index is 0.0950. The van der Waals surface area contributed by atoms with Crippen LogP contribution in [-0.2, 0) is 0 Å². The molecule has 0 fully saturated rings. The molecule has 5 nitrogen and oxygen atoms in total. The SMILES string of the molecule is NNc1ncc(C(=O)Nc2c(F)cccc2Cl)cc1Cl. The Morgan fingerprint density at radius 1 is 1.30 bits per heavy atom. The van der Waals surface area contributed by atoms with Crippen LogP contribution in [-0.4, -0.2) is 10.9 Å². The zero-order valence-corrected chi connectivity index (χ0v) is 11.5. The molecular formula is C12H9Cl2FN4O. The average Bonchev–Trinajstić information content (AvgIpc) is 2.42. The highest BCUT2D eigenvalue weighted by Gasteiger charge is 2.14. The number of rotatable bonds is 3. The Kier molecular flexibility index (Phi) is 4.39. The van der Waals surface area contributed by atoms with Crippen molar-refractivity contribution < 1.29 is 9.18 Å². The maximum absolute atomic E-state index is 13.6. The van der Waals surface area contributed by atoms with E-state index in [1.165, 1.54) is 30.5 Å². The van der Waals surface area contributed by atoms with Crippen LogP contribution in [0.4, 0.5) is 15.9 Å². The molecule has 1 aromatic heterocycles. The third-order valence-corrected chi connectivity index (χ3v) is 3.04. The van der Waals surface area contributed by atoms with Gasteiger partial charge in [0.05, 0.1) is 21.3 Å². The van der Waals surface area contributed by atoms with Gasteiger partial charge in [-0.25, -0.2) is 15.2 Å². The van der Waals surface area contributed by atoms with E-state index in [-0.39, 0.29) is 27.1 Å². The van der Waals surface area contributed by atoms with Gasteiger partial charge in [0, 0.05) is 6.20 Å². The summed E-state index contributed by atoms with van der Waals surface area (Å²) in [6.07, 6.45) is 1.26. The van der Waals surface area contributed by atoms with Gasteiger partial charge in [0.25, 0.3) is 5.91 Å². The number of anilines is 2. The van der Waals surface area contributed by atoms with Gasteiger partial charge in [0.15, 0.2) is 5.82 Å². The highest BCUT2D eigenvalue weighted by Crippen LogP contribution is 2.26. The van der Waals surface area contributed by atoms with Gasteiger partial charge in [-0.2, -0.15) is 0 Å². The third-order valence-electron chi connectivity index (χ3n) is 2.44. The zero-order chi connectivity index (χ0) is 14.7. The summed E-state index contributed by atoms with van der Waals surface area (Å²) in [6.45, 7) is 0. The topological polar surface area (TPSA) is 80.0 Å². The first kappa shape index (κ1) is 14.5. The Morgan fingerprint density at radius 3 is 2.65 bits per heavy atom. The number of carbonyl (C=O) groups is 1. The number of halogens is 3. The Morgan fingerprint density at radius 2 is 2.05 bits per heavy atom. The summed E-state index contributed by atoms with van der Waals surface area (Å²) in [5.41, 5.74) is 2.32. The first-order chi connectivity index (χ1) is 9.52. The van der Waals surface area contributed by atoms with Crippen molar-refractivity contribution in [2.75, 3.05) is 10.7 Å². The highest BCUT2D eigenvalue weighted by molar-refractivity contribution is 6.34. The minimum Gasteiger partial charge on any atom is -0.318 e. The molecule has 0 spiro atoms. The van der Waals surface area contributed by atoms with Crippen molar-refractivity contribution in [1.29, 1.82) is 0 Å². The van der Waals surface area contributed by atoms with E-state index in [0.29, 0.717) is 0 Å². The molecule has 0 aliphatic rings. The van der Waals surface area contributed by atoms with Crippen LogP contribution in [0.1, 0.15) is 10.4 Å². The number of carbonyl (C=O) groups excluding carboxylic acids is 1. The van der Waals surface area contributed by atoms with Crippen molar-refractivity contribution in [1.82, 2.24) is 4.98 Å². The van der Waals surface area contributed by atoms with Crippen molar-refractivity contribution in [2.24, 2.45) is 5.84 Å². The number of nitrogens with zero attached hydrogens (tertiary/aromatic N) is 1. The molecule has 4 N–H and O–H groups in total. The number of aromatic nitrogens is 1. The van der Waals surface area contributed by atoms with Crippen molar-refractivity contribution in [2.45, 2.75) is 0 Å². The Labute approximate surface area is 123 Å². The quantitative estimate of drug-likeness (QED) is 0.601. The van der Waals surface area contributed by atoms with E-state index in [0.717, 1.165) is 0 Å². The summed E-state index contributed by atoms with van der Waals surface area (Å²) in [5, 5.41) is 2.62. The number of nitrogens with one attached hydrogen (secondary N) is 2. The van der Waals surface area contributed by atoms with Crippen LogP contribution in [0.2, 0.25) is 10.0 Å². The number of nitrogens with two attached hydrogens (primary N) is 1. The fourth-order valence-electron chi connectivity index (χ4n) is 1.47. The van der Waals surface area contributed by atoms with E-state index in [9.17, 15) is 9.18 Å². The number of amides is 1. The van der Waals surface area contributed by atoms with Gasteiger partial charge >= 0.3 is 0 Å². The molecule has 2 aromatic rings. The largest absolute Gasteiger partial charge is 0.318 e. The van der Waals surface area contributed by atoms with Gasteiger partial charge in [-0.3, -0.25) is 4.79 Å². The van der Waals surface area contributed by atoms with Gasteiger partial charge in [-0.05, 0) is 18.2 Å². The van der Waals surface area contributed by atoms with Crippen LogP contribution in [0.25, 0.3) is 0 Å². The van der Waals surface area contributed by atoms with Crippen LogP contribution in [0.15, 0.2) is 30.5 Å². The van der Waals surface area contributed by atoms with E-state index >= 15 is 0 Å². The second-order valence-electron chi connectivity index (χ2n) is 3.75. The van der Waals surface area contributed by atoms with Gasteiger partial charge in [-0.15, -0.1) is 0 Å². The first-order valence-electron chi connectivity index (χ1n) is 5.40. The molecule has 20 heavy (non-hydrogen) atoms. The number of hydrogen-bond donors (Lipinski definition) is 3. The summed E-state index contributed by atoms with van der Waals surface area (Å²) in [4.78, 5) is 15.8. The Bertz CT molecular complexity index is 646. The zero-order valence-electron chi connectivity index (χ0n) is 9.95. The fraction of sp³-hybridized carbons (Fsp3) is 0. The molecule has 2 rings (SSSR count). The van der Waals surface area contributed by atoms with Crippen molar-refractivity contribution in [3.8, 4) is 0 Å². The van der Waals surface area contributed by atoms with Gasteiger partial charge < -0.3 is 10.7 Å². The number of para-hydroxylation sites is 1. The van der Waals surface area contributed by atoms with Crippen molar-refractivity contribution in [3.05, 3.63) is 51.9 Å². The monoisotopic (exact) mass is 314 g/mol. The van der Waals surface area contributed by atoms with Crippen molar-refractivity contribution in [3.63, 3.8) is 0 Å². The van der Waals surface area contributed by atoms with Crippen LogP contribution in [0.3, 0.4) is 0 Å². The molecular weight excluding hydrogens is 306 g/mol. The lowest BCUT2D eigenvalue weighted by Gasteiger charge is -2.09. The molecule has 1 amide bonds. The maximum Gasteiger partial charge on any atom is 0.257 e. The molecule has 0 saturated carbocycles. The minimum atomic E-state index is -0.634. The second-order valence-corrected chi connectivity index (χ2v) is 4.56. The van der Waals surface area contributed by atoms with Crippen molar-refractivity contribution >= 4 is 40.6 Å². The smallest absolute Gasteiger partial charge is 0.257 e. The number of hydrogen-bond acceptors (Lipinski definition) is 4. The predicted molar refractivity (Wildman–Crippen MR) is 76.4 cm³/mol. The standard InChI is InChI=1S/C12H9Cl2FN4O/c13-7-2-1-3-9(15)10(7)18-12(20)6-4-8(14)11(19-16)17-5-6/h1-5H,16H2,(H,17,19)(H,18,20). The normalized spacial score (nSPS) is 10.2. The van der Waals surface area contributed by atoms with Gasteiger partial charge in [0.1, 0.15) is 5.82 Å². The van der Waals surface area contributed by atoms with Crippen LogP contribution in [0.5, 0.6) is 0 Å². The van der Waals surface area contributed by atoms with Crippen LogP contribution in [0, 0.1) is 5.82 Å². The second kappa shape index (κ2) is 6.04. The molecule has 0 radical (unpaired) electrons. The molecule has 1 heterocycles. The van der Waals surface area contributed by atoms with E-state index < -0.39 is 11.7 Å². The Hall–Kier alpha value is -1.89. The summed E-state index contributed by atoms with van der Waals surface area (Å²) in [7, 11) is 0. The van der Waals surface area contributed by atoms with Crippen LogP contribution >= 0.6 is 23.2 Å². The fourth-order valence-corrected chi connectivity index (χ4v) is 1.90. The van der Waals surface area contributed by atoms with E-state index in [1.807, 2.05) is 0 Å². The Balaban J connectivity index is 2.26. The lowest BCUT2D eigenvalue weighted by molar-refractivity contribution is 0.102. The lowest BCUT2D eigenvalue weighted by atomic mass is 10.2. The summed E-state index contributed by atoms with van der Waals surface area (Å²) >= 11 is 11.7. The molecule has 0 aliphatic heterocycles. The summed E-state index contributed by atoms with van der Waals surface area (Å²) in [6, 6.07) is 5.45. The molecule has 1 aromatic carbocycles. The number of benzene rings is 1. The van der Waals surface area contributed by atoms with Gasteiger partial charge in [0.2, 0.25) is 0 Å². The predicted octanol–water partition coefficient (Wildman–Crippen LogP) is 3.07. The highest BCUT2D eigenvalue weighted by atomic mass is 35.5. The lowest BCUT2D eigenvalue weighted by Crippen LogP contribution is -2.15. The van der Waals surface area contributed by atoms with Crippen LogP contribution < -0.4 is 16.6 Å². The molecule has 0 saturated heterocycles. The third kappa shape index (κ3) is 2.98. The first-order valence-corrected chi connectivity index (χ1v) is 6.16. The van der Waals surface area contributed by atoms with Gasteiger partial charge in [-0.1, -0.05) is 29.3 Å². The number of nitrogen functional groups attached to an aromatic ring is 1. The maximum atomic E-state index is 13.6. The van der Waals surface area contributed by atoms with E-state index in [2.05, 4.69) is 15.7 Å². The molecule has 8 heteroatoms. The average molecular weight is 315 g/mol.